The van der Waals surface area contributed by atoms with E-state index in [4.69, 9.17) is 9.84 Å². The Labute approximate surface area is 119 Å². The summed E-state index contributed by atoms with van der Waals surface area (Å²) in [5.74, 6) is -1.06. The molecule has 0 unspecified atom stereocenters. The number of hydrogen-bond donors (Lipinski definition) is 3. The van der Waals surface area contributed by atoms with Gasteiger partial charge in [0.05, 0.1) is 0 Å². The third-order valence-corrected chi connectivity index (χ3v) is 2.22. The van der Waals surface area contributed by atoms with Crippen LogP contribution in [0.15, 0.2) is 18.3 Å². The second-order valence-electron chi connectivity index (χ2n) is 3.94. The summed E-state index contributed by atoms with van der Waals surface area (Å²) in [6.07, 6.45) is -1.08. The fraction of sp³-hybridized carbons (Fsp3) is 0.417. The first-order chi connectivity index (χ1) is 9.99. The number of amides is 2. The van der Waals surface area contributed by atoms with Gasteiger partial charge in [-0.25, -0.2) is 18.6 Å². The van der Waals surface area contributed by atoms with Gasteiger partial charge in [0, 0.05) is 19.2 Å². The van der Waals surface area contributed by atoms with Crippen LogP contribution < -0.4 is 15.4 Å². The van der Waals surface area contributed by atoms with Crippen LogP contribution in [0.2, 0.25) is 0 Å². The molecule has 1 rings (SSSR count). The van der Waals surface area contributed by atoms with Gasteiger partial charge in [-0.15, -0.1) is 0 Å². The minimum atomic E-state index is -2.65. The van der Waals surface area contributed by atoms with Crippen molar-refractivity contribution in [1.29, 1.82) is 0 Å². The smallest absolute Gasteiger partial charge is 0.319 e. The van der Waals surface area contributed by atoms with Gasteiger partial charge in [-0.2, -0.15) is 0 Å². The van der Waals surface area contributed by atoms with Crippen molar-refractivity contribution in [1.82, 2.24) is 10.3 Å². The number of carboxylic acid groups (broad SMARTS) is 1. The Morgan fingerprint density at radius 1 is 1.43 bits per heavy atom. The van der Waals surface area contributed by atoms with E-state index in [1.165, 1.54) is 18.3 Å². The van der Waals surface area contributed by atoms with Crippen molar-refractivity contribution in [3.05, 3.63) is 18.3 Å². The first kappa shape index (κ1) is 16.6. The Morgan fingerprint density at radius 3 is 2.86 bits per heavy atom. The van der Waals surface area contributed by atoms with E-state index < -0.39 is 25.0 Å². The van der Waals surface area contributed by atoms with Gasteiger partial charge in [-0.1, -0.05) is 0 Å². The molecule has 9 heteroatoms. The van der Waals surface area contributed by atoms with Crippen LogP contribution in [0.3, 0.4) is 0 Å². The summed E-state index contributed by atoms with van der Waals surface area (Å²) < 4.78 is 28.9. The molecule has 0 atom stereocenters. The van der Waals surface area contributed by atoms with Crippen LogP contribution in [0.1, 0.15) is 12.8 Å². The number of nitrogens with one attached hydrogen (secondary N) is 2. The molecule has 21 heavy (non-hydrogen) atoms. The van der Waals surface area contributed by atoms with E-state index in [2.05, 4.69) is 15.6 Å². The van der Waals surface area contributed by atoms with Gasteiger partial charge in [0.25, 0.3) is 6.43 Å². The zero-order valence-electron chi connectivity index (χ0n) is 11.0. The fourth-order valence-corrected chi connectivity index (χ4v) is 1.35. The number of ether oxygens (including phenoxy) is 1. The van der Waals surface area contributed by atoms with Gasteiger partial charge in [0.15, 0.2) is 6.61 Å². The summed E-state index contributed by atoms with van der Waals surface area (Å²) in [6, 6.07) is 2.36. The molecule has 0 saturated heterocycles. The summed E-state index contributed by atoms with van der Waals surface area (Å²) in [4.78, 5) is 25.6. The molecule has 0 spiro atoms. The van der Waals surface area contributed by atoms with E-state index in [1.807, 2.05) is 0 Å². The molecule has 0 fully saturated rings. The van der Waals surface area contributed by atoms with Crippen LogP contribution in [0.25, 0.3) is 0 Å². The van der Waals surface area contributed by atoms with Crippen LogP contribution in [-0.4, -0.2) is 41.7 Å². The molecule has 0 aliphatic heterocycles. The number of rotatable bonds is 8. The average molecular weight is 303 g/mol. The number of halogens is 2. The first-order valence-electron chi connectivity index (χ1n) is 6.11. The quantitative estimate of drug-likeness (QED) is 0.635. The van der Waals surface area contributed by atoms with Gasteiger partial charge in [0.2, 0.25) is 5.88 Å². The van der Waals surface area contributed by atoms with Gasteiger partial charge < -0.3 is 20.5 Å². The average Bonchev–Trinajstić information content (AvgIpc) is 2.42. The predicted octanol–water partition coefficient (Wildman–Crippen LogP) is 1.71. The summed E-state index contributed by atoms with van der Waals surface area (Å²) >= 11 is 0. The number of anilines is 1. The lowest BCUT2D eigenvalue weighted by Crippen LogP contribution is -2.30. The van der Waals surface area contributed by atoms with Gasteiger partial charge in [-0.3, -0.25) is 4.79 Å². The Morgan fingerprint density at radius 2 is 2.19 bits per heavy atom. The van der Waals surface area contributed by atoms with Crippen molar-refractivity contribution in [2.24, 2.45) is 0 Å². The summed E-state index contributed by atoms with van der Waals surface area (Å²) in [5.41, 5.74) is 0.147. The number of pyridine rings is 1. The van der Waals surface area contributed by atoms with E-state index in [0.717, 1.165) is 0 Å². The molecule has 3 N–H and O–H groups in total. The Hall–Kier alpha value is -2.45. The number of aliphatic carboxylic acids is 1. The molecule has 7 nitrogen and oxygen atoms in total. The number of hydrogen-bond acceptors (Lipinski definition) is 4. The van der Waals surface area contributed by atoms with Crippen LogP contribution in [-0.2, 0) is 4.79 Å². The minimum absolute atomic E-state index is 0.0596. The van der Waals surface area contributed by atoms with Crippen LogP contribution in [0.5, 0.6) is 5.88 Å². The second kappa shape index (κ2) is 8.67. The Bertz CT molecular complexity index is 485. The summed E-state index contributed by atoms with van der Waals surface area (Å²) in [7, 11) is 0. The molecule has 1 heterocycles. The maximum Gasteiger partial charge on any atom is 0.319 e. The topological polar surface area (TPSA) is 101 Å². The maximum atomic E-state index is 12.1. The third-order valence-electron chi connectivity index (χ3n) is 2.22. The summed E-state index contributed by atoms with van der Waals surface area (Å²) in [5, 5.41) is 13.3. The van der Waals surface area contributed by atoms with Crippen molar-refractivity contribution in [2.45, 2.75) is 19.3 Å². The van der Waals surface area contributed by atoms with Gasteiger partial charge >= 0.3 is 12.0 Å². The SMILES string of the molecule is O=C(O)CCCNC(=O)Nc1cccnc1OCC(F)F. The lowest BCUT2D eigenvalue weighted by molar-refractivity contribution is -0.137. The largest absolute Gasteiger partial charge is 0.481 e. The molecule has 1 aromatic heterocycles. The molecule has 2 amide bonds. The molecule has 0 aliphatic rings. The third kappa shape index (κ3) is 7.04. The van der Waals surface area contributed by atoms with Gasteiger partial charge in [-0.05, 0) is 18.6 Å². The highest BCUT2D eigenvalue weighted by Crippen LogP contribution is 2.20. The number of carbonyl (C=O) groups excluding carboxylic acids is 1. The van der Waals surface area contributed by atoms with Gasteiger partial charge in [0.1, 0.15) is 5.69 Å². The lowest BCUT2D eigenvalue weighted by atomic mass is 10.3. The van der Waals surface area contributed by atoms with Crippen LogP contribution >= 0.6 is 0 Å². The second-order valence-corrected chi connectivity index (χ2v) is 3.94. The highest BCUT2D eigenvalue weighted by atomic mass is 19.3. The standard InChI is InChI=1S/C12H15F2N3O4/c13-9(14)7-21-11-8(3-1-5-15-11)17-12(20)16-6-2-4-10(18)19/h1,3,5,9H,2,4,6-7H2,(H,18,19)(H2,16,17,20). The number of carboxylic acids is 1. The van der Waals surface area contributed by atoms with Crippen molar-refractivity contribution < 1.29 is 28.2 Å². The molecular formula is C12H15F2N3O4. The molecule has 116 valence electrons. The van der Waals surface area contributed by atoms with Crippen molar-refractivity contribution in [3.8, 4) is 5.88 Å². The minimum Gasteiger partial charge on any atom is -0.481 e. The monoisotopic (exact) mass is 303 g/mol. The molecule has 0 radical (unpaired) electrons. The number of carbonyl (C=O) groups is 2. The van der Waals surface area contributed by atoms with E-state index in [-0.39, 0.29) is 31.0 Å². The lowest BCUT2D eigenvalue weighted by Gasteiger charge is -2.11. The van der Waals surface area contributed by atoms with Crippen LogP contribution in [0.4, 0.5) is 19.3 Å². The van der Waals surface area contributed by atoms with E-state index >= 15 is 0 Å². The van der Waals surface area contributed by atoms with Crippen molar-refractivity contribution in [3.63, 3.8) is 0 Å². The molecule has 0 aliphatic carbocycles. The fourth-order valence-electron chi connectivity index (χ4n) is 1.35. The number of alkyl halides is 2. The zero-order valence-corrected chi connectivity index (χ0v) is 11.0. The molecule has 0 aromatic carbocycles. The number of urea groups is 1. The highest BCUT2D eigenvalue weighted by molar-refractivity contribution is 5.90. The highest BCUT2D eigenvalue weighted by Gasteiger charge is 2.11. The molecule has 0 bridgehead atoms. The molecule has 1 aromatic rings. The van der Waals surface area contributed by atoms with Crippen molar-refractivity contribution >= 4 is 17.7 Å². The predicted molar refractivity (Wildman–Crippen MR) is 69.6 cm³/mol. The van der Waals surface area contributed by atoms with E-state index in [9.17, 15) is 18.4 Å². The van der Waals surface area contributed by atoms with E-state index in [1.54, 1.807) is 0 Å². The molecule has 0 saturated carbocycles. The summed E-state index contributed by atoms with van der Waals surface area (Å²) in [6.45, 7) is -0.655. The molecular weight excluding hydrogens is 288 g/mol. The number of aromatic nitrogens is 1. The number of nitrogens with zero attached hydrogens (tertiary/aromatic N) is 1. The first-order valence-corrected chi connectivity index (χ1v) is 6.11. The normalized spacial score (nSPS) is 10.2. The Kier molecular flexibility index (Phi) is 6.85. The van der Waals surface area contributed by atoms with Crippen molar-refractivity contribution in [2.75, 3.05) is 18.5 Å². The van der Waals surface area contributed by atoms with Crippen LogP contribution in [0, 0.1) is 0 Å². The maximum absolute atomic E-state index is 12.1. The van der Waals surface area contributed by atoms with E-state index in [0.29, 0.717) is 0 Å². The zero-order chi connectivity index (χ0) is 15.7. The Balaban J connectivity index is 2.46.